The van der Waals surface area contributed by atoms with Crippen LogP contribution in [0.3, 0.4) is 0 Å². The SMILES string of the molecule is CC(C)C1=CC2=CCC3C(C(C)CCC3(C)O[C-]=O)C2CC1.[Na+]. The molecular formula is C20H29NaO2. The van der Waals surface area contributed by atoms with E-state index < -0.39 is 0 Å². The number of hydrogen-bond donors (Lipinski definition) is 0. The van der Waals surface area contributed by atoms with Crippen molar-refractivity contribution in [3.63, 3.8) is 0 Å². The second kappa shape index (κ2) is 7.45. The van der Waals surface area contributed by atoms with Crippen molar-refractivity contribution in [3.05, 3.63) is 23.3 Å². The van der Waals surface area contributed by atoms with Gasteiger partial charge >= 0.3 is 29.6 Å². The summed E-state index contributed by atoms with van der Waals surface area (Å²) in [5.41, 5.74) is 2.84. The molecule has 0 aromatic rings. The van der Waals surface area contributed by atoms with Gasteiger partial charge in [0.1, 0.15) is 0 Å². The summed E-state index contributed by atoms with van der Waals surface area (Å²) in [7, 11) is 0. The Bertz CT molecular complexity index is 508. The number of hydrogen-bond acceptors (Lipinski definition) is 2. The fraction of sp³-hybridized carbons (Fsp3) is 0.750. The van der Waals surface area contributed by atoms with Gasteiger partial charge in [0, 0.05) is 5.92 Å². The average Bonchev–Trinajstić information content (AvgIpc) is 2.50. The van der Waals surface area contributed by atoms with Crippen LogP contribution in [-0.4, -0.2) is 12.1 Å². The van der Waals surface area contributed by atoms with Crippen molar-refractivity contribution in [1.29, 1.82) is 0 Å². The van der Waals surface area contributed by atoms with Crippen molar-refractivity contribution >= 4 is 6.47 Å². The Kier molecular flexibility index (Phi) is 6.25. The second-order valence-electron chi connectivity index (χ2n) is 8.16. The summed E-state index contributed by atoms with van der Waals surface area (Å²) < 4.78 is 5.48. The first-order chi connectivity index (χ1) is 10.5. The third kappa shape index (κ3) is 3.50. The number of rotatable bonds is 3. The molecule has 0 aromatic carbocycles. The first-order valence-electron chi connectivity index (χ1n) is 8.92. The molecule has 0 heterocycles. The monoisotopic (exact) mass is 324 g/mol. The largest absolute Gasteiger partial charge is 1.00 e. The van der Waals surface area contributed by atoms with Gasteiger partial charge in [-0.05, 0) is 68.3 Å². The van der Waals surface area contributed by atoms with Crippen LogP contribution in [0.2, 0.25) is 0 Å². The zero-order chi connectivity index (χ0) is 15.9. The van der Waals surface area contributed by atoms with E-state index in [0.29, 0.717) is 23.7 Å². The van der Waals surface area contributed by atoms with E-state index in [1.807, 2.05) is 0 Å². The molecule has 0 radical (unpaired) electrons. The van der Waals surface area contributed by atoms with Crippen molar-refractivity contribution in [2.24, 2.45) is 29.6 Å². The van der Waals surface area contributed by atoms with Crippen LogP contribution in [0.1, 0.15) is 59.8 Å². The number of allylic oxidation sites excluding steroid dienone is 4. The molecule has 5 atom stereocenters. The van der Waals surface area contributed by atoms with Gasteiger partial charge in [0.15, 0.2) is 0 Å². The zero-order valence-corrected chi connectivity index (χ0v) is 17.4. The van der Waals surface area contributed by atoms with Crippen LogP contribution >= 0.6 is 0 Å². The van der Waals surface area contributed by atoms with Crippen molar-refractivity contribution in [2.45, 2.75) is 65.4 Å². The molecule has 0 bridgehead atoms. The standard InChI is InChI=1S/C20H29O2.Na/c1-13(2)15-5-7-17-16(11-15)6-8-18-19(17)14(3)9-10-20(18,4)22-12-21;/h6,11,13-14,17-19H,5,7-10H2,1-4H3;/q-1;+1. The summed E-state index contributed by atoms with van der Waals surface area (Å²) in [5.74, 6) is 3.14. The Hall–Kier alpha value is -0.0500. The van der Waals surface area contributed by atoms with Gasteiger partial charge < -0.3 is 9.53 Å². The Balaban J connectivity index is 0.00000192. The summed E-state index contributed by atoms with van der Waals surface area (Å²) in [6, 6.07) is 0. The second-order valence-corrected chi connectivity index (χ2v) is 8.16. The predicted molar refractivity (Wildman–Crippen MR) is 88.9 cm³/mol. The van der Waals surface area contributed by atoms with Crippen LogP contribution in [0.15, 0.2) is 23.3 Å². The molecule has 23 heavy (non-hydrogen) atoms. The van der Waals surface area contributed by atoms with E-state index in [1.165, 1.54) is 12.8 Å². The fourth-order valence-corrected chi connectivity index (χ4v) is 5.23. The van der Waals surface area contributed by atoms with E-state index in [0.717, 1.165) is 25.2 Å². The molecule has 3 aliphatic carbocycles. The van der Waals surface area contributed by atoms with Gasteiger partial charge in [0.25, 0.3) is 0 Å². The molecule has 3 aliphatic rings. The first kappa shape index (κ1) is 19.3. The minimum absolute atomic E-state index is 0. The van der Waals surface area contributed by atoms with E-state index in [9.17, 15) is 4.79 Å². The molecule has 0 aliphatic heterocycles. The summed E-state index contributed by atoms with van der Waals surface area (Å²) >= 11 is 0. The smallest absolute Gasteiger partial charge is 0.648 e. The molecule has 0 N–H and O–H groups in total. The molecule has 1 saturated carbocycles. The molecule has 0 spiro atoms. The van der Waals surface area contributed by atoms with Crippen LogP contribution in [0.4, 0.5) is 0 Å². The molecule has 0 saturated heterocycles. The van der Waals surface area contributed by atoms with Crippen LogP contribution in [0.5, 0.6) is 0 Å². The van der Waals surface area contributed by atoms with Gasteiger partial charge in [0.2, 0.25) is 0 Å². The molecule has 2 nitrogen and oxygen atoms in total. The Morgan fingerprint density at radius 1 is 1.35 bits per heavy atom. The molecule has 5 unspecified atom stereocenters. The summed E-state index contributed by atoms with van der Waals surface area (Å²) in [4.78, 5) is 10.9. The Labute approximate surface area is 163 Å². The maximum absolute atomic E-state index is 10.9. The van der Waals surface area contributed by atoms with E-state index in [4.69, 9.17) is 4.74 Å². The third-order valence-electron chi connectivity index (χ3n) is 6.61. The molecular weight excluding hydrogens is 295 g/mol. The van der Waals surface area contributed by atoms with Gasteiger partial charge in [0.05, 0.1) is 5.60 Å². The van der Waals surface area contributed by atoms with Gasteiger partial charge in [-0.2, -0.15) is 0 Å². The van der Waals surface area contributed by atoms with Crippen molar-refractivity contribution in [3.8, 4) is 0 Å². The topological polar surface area (TPSA) is 26.3 Å². The third-order valence-corrected chi connectivity index (χ3v) is 6.61. The fourth-order valence-electron chi connectivity index (χ4n) is 5.23. The van der Waals surface area contributed by atoms with Crippen LogP contribution in [0.25, 0.3) is 0 Å². The van der Waals surface area contributed by atoms with Crippen LogP contribution in [-0.2, 0) is 9.53 Å². The first-order valence-corrected chi connectivity index (χ1v) is 8.92. The van der Waals surface area contributed by atoms with E-state index in [-0.39, 0.29) is 35.2 Å². The van der Waals surface area contributed by atoms with Gasteiger partial charge in [-0.1, -0.05) is 45.0 Å². The normalized spacial score (nSPS) is 39.3. The minimum Gasteiger partial charge on any atom is -0.648 e. The summed E-state index contributed by atoms with van der Waals surface area (Å²) in [6.07, 6.45) is 10.6. The predicted octanol–water partition coefficient (Wildman–Crippen LogP) is 1.82. The van der Waals surface area contributed by atoms with Gasteiger partial charge in [-0.25, -0.2) is 0 Å². The number of carbonyl (C=O) groups excluding carboxylic acids is 1. The molecule has 3 heteroatoms. The van der Waals surface area contributed by atoms with E-state index >= 15 is 0 Å². The van der Waals surface area contributed by atoms with E-state index in [1.54, 1.807) is 17.6 Å². The Morgan fingerprint density at radius 3 is 2.74 bits per heavy atom. The number of fused-ring (bicyclic) bond motifs is 3. The van der Waals surface area contributed by atoms with E-state index in [2.05, 4.69) is 39.8 Å². The maximum Gasteiger partial charge on any atom is 1.00 e. The van der Waals surface area contributed by atoms with Crippen molar-refractivity contribution < 1.29 is 39.1 Å². The zero-order valence-electron chi connectivity index (χ0n) is 15.4. The molecule has 0 aromatic heterocycles. The molecule has 122 valence electrons. The molecule has 3 rings (SSSR count). The van der Waals surface area contributed by atoms with Crippen LogP contribution in [0, 0.1) is 29.6 Å². The molecule has 0 amide bonds. The Morgan fingerprint density at radius 2 is 2.09 bits per heavy atom. The number of ether oxygens (including phenoxy) is 1. The summed E-state index contributed by atoms with van der Waals surface area (Å²) in [6.45, 7) is 10.9. The summed E-state index contributed by atoms with van der Waals surface area (Å²) in [5, 5.41) is 0. The van der Waals surface area contributed by atoms with Gasteiger partial charge in [-0.3, -0.25) is 0 Å². The maximum atomic E-state index is 10.9. The van der Waals surface area contributed by atoms with Crippen molar-refractivity contribution in [1.82, 2.24) is 0 Å². The van der Waals surface area contributed by atoms with Crippen molar-refractivity contribution in [2.75, 3.05) is 0 Å². The quantitative estimate of drug-likeness (QED) is 0.585. The minimum atomic E-state index is -0.316. The van der Waals surface area contributed by atoms with Gasteiger partial charge in [-0.15, -0.1) is 0 Å². The van der Waals surface area contributed by atoms with Crippen LogP contribution < -0.4 is 29.6 Å². The average molecular weight is 324 g/mol. The molecule has 1 fully saturated rings.